The van der Waals surface area contributed by atoms with Crippen molar-refractivity contribution in [3.63, 3.8) is 0 Å². The molecule has 0 saturated carbocycles. The molecule has 0 aliphatic carbocycles. The van der Waals surface area contributed by atoms with E-state index in [0.29, 0.717) is 23.8 Å². The molecular weight excluding hydrogens is 461 g/mol. The summed E-state index contributed by atoms with van der Waals surface area (Å²) in [5.74, 6) is 0.134. The van der Waals surface area contributed by atoms with E-state index in [2.05, 4.69) is 15.5 Å². The van der Waals surface area contributed by atoms with Gasteiger partial charge in [-0.05, 0) is 80.0 Å². The minimum absolute atomic E-state index is 0.0399. The molecule has 0 radical (unpaired) electrons. The van der Waals surface area contributed by atoms with Crippen molar-refractivity contribution in [2.45, 2.75) is 25.5 Å². The molecule has 1 fully saturated rings. The van der Waals surface area contributed by atoms with Crippen LogP contribution in [0.3, 0.4) is 0 Å². The van der Waals surface area contributed by atoms with Crippen LogP contribution in [-0.4, -0.2) is 49.0 Å². The van der Waals surface area contributed by atoms with Crippen LogP contribution in [0.5, 0.6) is 11.5 Å². The first-order valence-corrected chi connectivity index (χ1v) is 12.0. The lowest BCUT2D eigenvalue weighted by atomic mass is 10.2. The maximum absolute atomic E-state index is 13.1. The molecule has 7 nitrogen and oxygen atoms in total. The third kappa shape index (κ3) is 7.90. The highest BCUT2D eigenvalue weighted by molar-refractivity contribution is 5.97. The number of carbonyl (C=O) groups excluding carboxylic acids is 2. The Balaban J connectivity index is 1.34. The van der Waals surface area contributed by atoms with E-state index in [1.54, 1.807) is 24.3 Å². The van der Waals surface area contributed by atoms with E-state index >= 15 is 0 Å². The number of carbonyl (C=O) groups is 2. The number of ether oxygens (including phenoxy) is 2. The number of amides is 2. The Morgan fingerprint density at radius 1 is 0.889 bits per heavy atom. The minimum atomic E-state index is -0.848. The quantitative estimate of drug-likeness (QED) is 0.417. The molecule has 0 aromatic heterocycles. The highest BCUT2D eigenvalue weighted by atomic mass is 19.1. The van der Waals surface area contributed by atoms with Gasteiger partial charge in [0.2, 0.25) is 11.8 Å². The highest BCUT2D eigenvalue weighted by Gasteiger charge is 2.23. The van der Waals surface area contributed by atoms with Gasteiger partial charge in [-0.1, -0.05) is 30.3 Å². The first kappa shape index (κ1) is 25.3. The highest BCUT2D eigenvalue weighted by Crippen LogP contribution is 2.23. The molecule has 2 amide bonds. The number of halogens is 1. The van der Waals surface area contributed by atoms with E-state index in [1.165, 1.54) is 24.3 Å². The average molecular weight is 492 g/mol. The van der Waals surface area contributed by atoms with Gasteiger partial charge in [-0.25, -0.2) is 4.39 Å². The zero-order chi connectivity index (χ0) is 25.2. The minimum Gasteiger partial charge on any atom is -0.457 e. The summed E-state index contributed by atoms with van der Waals surface area (Å²) >= 11 is 0. The van der Waals surface area contributed by atoms with E-state index in [1.807, 2.05) is 30.3 Å². The first-order valence-electron chi connectivity index (χ1n) is 12.0. The molecule has 188 valence electrons. The van der Waals surface area contributed by atoms with Crippen LogP contribution in [0.15, 0.2) is 78.9 Å². The van der Waals surface area contributed by atoms with E-state index < -0.39 is 6.04 Å². The van der Waals surface area contributed by atoms with Gasteiger partial charge in [-0.3, -0.25) is 14.5 Å². The lowest BCUT2D eigenvalue weighted by molar-refractivity contribution is -0.128. The summed E-state index contributed by atoms with van der Waals surface area (Å²) in [6, 6.07) is 21.3. The third-order valence-electron chi connectivity index (χ3n) is 5.78. The van der Waals surface area contributed by atoms with Gasteiger partial charge in [-0.2, -0.15) is 0 Å². The molecule has 1 aliphatic rings. The number of nitrogens with one attached hydrogen (secondary N) is 2. The van der Waals surface area contributed by atoms with Gasteiger partial charge < -0.3 is 20.1 Å². The maximum atomic E-state index is 13.1. The second kappa shape index (κ2) is 12.8. The van der Waals surface area contributed by atoms with Gasteiger partial charge in [-0.15, -0.1) is 0 Å². The molecule has 1 atom stereocenters. The Morgan fingerprint density at radius 2 is 1.53 bits per heavy atom. The SMILES string of the molecule is O=C(CN1CCCC1)N[C@@H](COCc1ccccc1)C(=O)Nc1ccc(Oc2ccc(F)cc2)cc1. The monoisotopic (exact) mass is 491 g/mol. The van der Waals surface area contributed by atoms with Crippen molar-refractivity contribution in [1.82, 2.24) is 10.2 Å². The summed E-state index contributed by atoms with van der Waals surface area (Å²) in [4.78, 5) is 27.7. The molecule has 2 N–H and O–H groups in total. The molecule has 1 heterocycles. The Kier molecular flexibility index (Phi) is 9.02. The number of hydrogen-bond donors (Lipinski definition) is 2. The van der Waals surface area contributed by atoms with Crippen LogP contribution in [0.1, 0.15) is 18.4 Å². The summed E-state index contributed by atoms with van der Waals surface area (Å²) in [6.07, 6.45) is 2.16. The van der Waals surface area contributed by atoms with E-state index in [0.717, 1.165) is 31.5 Å². The second-order valence-corrected chi connectivity index (χ2v) is 8.67. The van der Waals surface area contributed by atoms with Crippen LogP contribution in [0.25, 0.3) is 0 Å². The summed E-state index contributed by atoms with van der Waals surface area (Å²) in [7, 11) is 0. The van der Waals surface area contributed by atoms with Crippen LogP contribution in [-0.2, 0) is 20.9 Å². The standard InChI is InChI=1S/C28H30FN3O4/c29-22-8-12-24(13-9-22)36-25-14-10-23(11-15-25)30-28(34)26(20-35-19-21-6-2-1-3-7-21)31-27(33)18-32-16-4-5-17-32/h1-3,6-15,26H,4-5,16-20H2,(H,30,34)(H,31,33)/t26-/m0/s1. The topological polar surface area (TPSA) is 79.9 Å². The average Bonchev–Trinajstić information content (AvgIpc) is 3.39. The molecule has 0 bridgehead atoms. The van der Waals surface area contributed by atoms with Crippen LogP contribution in [0.2, 0.25) is 0 Å². The van der Waals surface area contributed by atoms with Crippen LogP contribution < -0.4 is 15.4 Å². The van der Waals surface area contributed by atoms with Gasteiger partial charge in [0.1, 0.15) is 23.4 Å². The van der Waals surface area contributed by atoms with Crippen molar-refractivity contribution in [3.05, 3.63) is 90.2 Å². The van der Waals surface area contributed by atoms with E-state index in [4.69, 9.17) is 9.47 Å². The molecule has 36 heavy (non-hydrogen) atoms. The van der Waals surface area contributed by atoms with Crippen molar-refractivity contribution < 1.29 is 23.5 Å². The zero-order valence-electron chi connectivity index (χ0n) is 20.0. The van der Waals surface area contributed by atoms with Crippen LogP contribution >= 0.6 is 0 Å². The largest absolute Gasteiger partial charge is 0.457 e. The Morgan fingerprint density at radius 3 is 2.19 bits per heavy atom. The second-order valence-electron chi connectivity index (χ2n) is 8.67. The smallest absolute Gasteiger partial charge is 0.249 e. The molecule has 3 aromatic carbocycles. The Hall–Kier alpha value is -3.75. The summed E-state index contributed by atoms with van der Waals surface area (Å²) < 4.78 is 24.5. The summed E-state index contributed by atoms with van der Waals surface area (Å²) in [5.41, 5.74) is 1.53. The number of anilines is 1. The molecule has 1 saturated heterocycles. The third-order valence-corrected chi connectivity index (χ3v) is 5.78. The predicted molar refractivity (Wildman–Crippen MR) is 135 cm³/mol. The molecule has 4 rings (SSSR count). The maximum Gasteiger partial charge on any atom is 0.249 e. The number of nitrogens with zero attached hydrogens (tertiary/aromatic N) is 1. The fourth-order valence-electron chi connectivity index (χ4n) is 3.91. The molecule has 3 aromatic rings. The van der Waals surface area contributed by atoms with Gasteiger partial charge in [0, 0.05) is 5.69 Å². The van der Waals surface area contributed by atoms with Crippen molar-refractivity contribution in [3.8, 4) is 11.5 Å². The number of likely N-dealkylation sites (tertiary alicyclic amines) is 1. The van der Waals surface area contributed by atoms with Crippen molar-refractivity contribution in [2.75, 3.05) is 31.6 Å². The van der Waals surface area contributed by atoms with Crippen molar-refractivity contribution in [2.24, 2.45) is 0 Å². The summed E-state index contributed by atoms with van der Waals surface area (Å²) in [5, 5.41) is 5.66. The lowest BCUT2D eigenvalue weighted by Gasteiger charge is -2.21. The van der Waals surface area contributed by atoms with Crippen LogP contribution in [0.4, 0.5) is 10.1 Å². The van der Waals surface area contributed by atoms with E-state index in [-0.39, 0.29) is 30.8 Å². The van der Waals surface area contributed by atoms with Gasteiger partial charge in [0.15, 0.2) is 0 Å². The number of hydrogen-bond acceptors (Lipinski definition) is 5. The lowest BCUT2D eigenvalue weighted by Crippen LogP contribution is -2.49. The van der Waals surface area contributed by atoms with Gasteiger partial charge in [0.05, 0.1) is 19.8 Å². The van der Waals surface area contributed by atoms with Gasteiger partial charge in [0.25, 0.3) is 0 Å². The van der Waals surface area contributed by atoms with Crippen molar-refractivity contribution >= 4 is 17.5 Å². The Labute approximate surface area is 210 Å². The fraction of sp³-hybridized carbons (Fsp3) is 0.286. The van der Waals surface area contributed by atoms with Gasteiger partial charge >= 0.3 is 0 Å². The number of benzene rings is 3. The van der Waals surface area contributed by atoms with Crippen LogP contribution in [0, 0.1) is 5.82 Å². The molecule has 0 unspecified atom stereocenters. The molecule has 0 spiro atoms. The fourth-order valence-corrected chi connectivity index (χ4v) is 3.91. The molecular formula is C28H30FN3O4. The first-order chi connectivity index (χ1) is 17.5. The normalized spacial score (nSPS) is 14.2. The molecule has 8 heteroatoms. The predicted octanol–water partition coefficient (Wildman–Crippen LogP) is 4.35. The van der Waals surface area contributed by atoms with E-state index in [9.17, 15) is 14.0 Å². The Bertz CT molecular complexity index is 1120. The summed E-state index contributed by atoms with van der Waals surface area (Å²) in [6.45, 7) is 2.42. The molecule has 1 aliphatic heterocycles. The van der Waals surface area contributed by atoms with Crippen molar-refractivity contribution in [1.29, 1.82) is 0 Å². The zero-order valence-corrected chi connectivity index (χ0v) is 20.0. The number of rotatable bonds is 11.